The van der Waals surface area contributed by atoms with E-state index in [2.05, 4.69) is 11.5 Å². The molecule has 1 aliphatic carbocycles. The fourth-order valence-electron chi connectivity index (χ4n) is 3.33. The van der Waals surface area contributed by atoms with E-state index in [-0.39, 0.29) is 12.0 Å². The second-order valence-electron chi connectivity index (χ2n) is 4.87. The highest BCUT2D eigenvalue weighted by Gasteiger charge is 2.44. The van der Waals surface area contributed by atoms with Crippen molar-refractivity contribution in [2.45, 2.75) is 44.2 Å². The van der Waals surface area contributed by atoms with Crippen molar-refractivity contribution in [3.05, 3.63) is 12.7 Å². The van der Waals surface area contributed by atoms with Gasteiger partial charge in [-0.1, -0.05) is 18.9 Å². The fourth-order valence-corrected chi connectivity index (χ4v) is 3.33. The summed E-state index contributed by atoms with van der Waals surface area (Å²) in [4.78, 5) is 14.0. The smallest absolute Gasteiger partial charge is 0.323 e. The zero-order valence-corrected chi connectivity index (χ0v) is 10.0. The van der Waals surface area contributed by atoms with E-state index in [1.54, 1.807) is 0 Å². The first-order chi connectivity index (χ1) is 7.77. The van der Waals surface area contributed by atoms with Gasteiger partial charge in [0.2, 0.25) is 0 Å². The van der Waals surface area contributed by atoms with E-state index in [0.29, 0.717) is 12.0 Å². The maximum absolute atomic E-state index is 11.7. The molecule has 1 aliphatic heterocycles. The Bertz CT molecular complexity index is 277. The van der Waals surface area contributed by atoms with Crippen LogP contribution in [0.15, 0.2) is 12.7 Å². The van der Waals surface area contributed by atoms with Gasteiger partial charge in [-0.2, -0.15) is 0 Å². The summed E-state index contributed by atoms with van der Waals surface area (Å²) in [6.07, 6.45) is 7.98. The van der Waals surface area contributed by atoms with E-state index in [1.807, 2.05) is 6.08 Å². The van der Waals surface area contributed by atoms with Crippen LogP contribution in [-0.4, -0.2) is 36.6 Å². The molecular formula is C13H21NO2. The Morgan fingerprint density at radius 2 is 2.25 bits per heavy atom. The molecule has 0 spiro atoms. The molecule has 0 aromatic rings. The Morgan fingerprint density at radius 3 is 2.94 bits per heavy atom. The molecule has 90 valence electrons. The lowest BCUT2D eigenvalue weighted by Gasteiger charge is -2.32. The maximum Gasteiger partial charge on any atom is 0.323 e. The summed E-state index contributed by atoms with van der Waals surface area (Å²) in [6, 6.07) is 0.548. The molecule has 1 saturated carbocycles. The van der Waals surface area contributed by atoms with Crippen molar-refractivity contribution in [1.29, 1.82) is 0 Å². The average Bonchev–Trinajstić information content (AvgIpc) is 2.68. The summed E-state index contributed by atoms with van der Waals surface area (Å²) < 4.78 is 4.90. The van der Waals surface area contributed by atoms with Crippen LogP contribution in [0.4, 0.5) is 0 Å². The van der Waals surface area contributed by atoms with Crippen molar-refractivity contribution in [1.82, 2.24) is 4.90 Å². The monoisotopic (exact) mass is 223 g/mol. The summed E-state index contributed by atoms with van der Waals surface area (Å²) in [5.74, 6) is 0.619. The van der Waals surface area contributed by atoms with Gasteiger partial charge in [0.05, 0.1) is 7.11 Å². The molecule has 1 saturated heterocycles. The average molecular weight is 223 g/mol. The molecule has 0 amide bonds. The van der Waals surface area contributed by atoms with Gasteiger partial charge in [0.25, 0.3) is 0 Å². The van der Waals surface area contributed by atoms with E-state index in [0.717, 1.165) is 13.0 Å². The molecule has 3 nitrogen and oxygen atoms in total. The number of methoxy groups -OCH3 is 1. The van der Waals surface area contributed by atoms with Crippen LogP contribution in [0.1, 0.15) is 32.1 Å². The first kappa shape index (κ1) is 11.6. The summed E-state index contributed by atoms with van der Waals surface area (Å²) in [5.41, 5.74) is 0. The van der Waals surface area contributed by atoms with E-state index in [4.69, 9.17) is 4.74 Å². The normalized spacial score (nSPS) is 34.4. The van der Waals surface area contributed by atoms with Gasteiger partial charge in [-0.05, 0) is 25.2 Å². The van der Waals surface area contributed by atoms with Gasteiger partial charge in [0.15, 0.2) is 0 Å². The molecule has 3 atom stereocenters. The van der Waals surface area contributed by atoms with Crippen LogP contribution in [0.3, 0.4) is 0 Å². The third kappa shape index (κ3) is 2.01. The number of likely N-dealkylation sites (tertiary alicyclic amines) is 1. The number of carbonyl (C=O) groups is 1. The molecule has 0 bridgehead atoms. The van der Waals surface area contributed by atoms with Gasteiger partial charge in [0.1, 0.15) is 6.04 Å². The van der Waals surface area contributed by atoms with Crippen molar-refractivity contribution < 1.29 is 9.53 Å². The Morgan fingerprint density at radius 1 is 1.50 bits per heavy atom. The van der Waals surface area contributed by atoms with Crippen LogP contribution in [0.25, 0.3) is 0 Å². The largest absolute Gasteiger partial charge is 0.468 e. The molecule has 2 aliphatic rings. The summed E-state index contributed by atoms with van der Waals surface area (Å²) in [7, 11) is 1.48. The highest BCUT2D eigenvalue weighted by Crippen LogP contribution is 2.39. The predicted molar refractivity (Wildman–Crippen MR) is 63.1 cm³/mol. The Hall–Kier alpha value is -0.830. The van der Waals surface area contributed by atoms with Crippen LogP contribution in [0.2, 0.25) is 0 Å². The van der Waals surface area contributed by atoms with Crippen LogP contribution in [0, 0.1) is 5.92 Å². The topological polar surface area (TPSA) is 29.5 Å². The van der Waals surface area contributed by atoms with Crippen molar-refractivity contribution >= 4 is 5.97 Å². The van der Waals surface area contributed by atoms with Crippen LogP contribution in [0.5, 0.6) is 0 Å². The molecule has 2 rings (SSSR count). The molecule has 3 heteroatoms. The molecule has 0 radical (unpaired) electrons. The quantitative estimate of drug-likeness (QED) is 0.541. The van der Waals surface area contributed by atoms with Crippen molar-refractivity contribution in [3.63, 3.8) is 0 Å². The number of ether oxygens (including phenoxy) is 1. The summed E-state index contributed by atoms with van der Waals surface area (Å²) >= 11 is 0. The van der Waals surface area contributed by atoms with Crippen molar-refractivity contribution in [3.8, 4) is 0 Å². The van der Waals surface area contributed by atoms with Gasteiger partial charge in [-0.25, -0.2) is 0 Å². The number of rotatable bonds is 3. The summed E-state index contributed by atoms with van der Waals surface area (Å²) in [6.45, 7) is 4.59. The zero-order valence-electron chi connectivity index (χ0n) is 10.0. The molecule has 2 fully saturated rings. The molecule has 16 heavy (non-hydrogen) atoms. The molecule has 0 N–H and O–H groups in total. The molecular weight excluding hydrogens is 202 g/mol. The van der Waals surface area contributed by atoms with Gasteiger partial charge in [-0.15, -0.1) is 6.58 Å². The SMILES string of the molecule is C=CCN1C(C(=O)OC)CC2CCCCC21. The van der Waals surface area contributed by atoms with E-state index >= 15 is 0 Å². The molecule has 1 heterocycles. The third-order valence-electron chi connectivity index (χ3n) is 4.03. The van der Waals surface area contributed by atoms with Crippen LogP contribution >= 0.6 is 0 Å². The summed E-state index contributed by atoms with van der Waals surface area (Å²) in [5, 5.41) is 0. The van der Waals surface area contributed by atoms with Crippen molar-refractivity contribution in [2.75, 3.05) is 13.7 Å². The molecule has 3 unspecified atom stereocenters. The zero-order chi connectivity index (χ0) is 11.5. The Kier molecular flexibility index (Phi) is 3.64. The van der Waals surface area contributed by atoms with E-state index in [9.17, 15) is 4.79 Å². The lowest BCUT2D eigenvalue weighted by molar-refractivity contribution is -0.146. The number of hydrogen-bond acceptors (Lipinski definition) is 3. The second kappa shape index (κ2) is 5.00. The van der Waals surface area contributed by atoms with Gasteiger partial charge >= 0.3 is 5.97 Å². The standard InChI is InChI=1S/C13H21NO2/c1-3-8-14-11-7-5-4-6-10(11)9-12(14)13(15)16-2/h3,10-12H,1,4-9H2,2H3. The van der Waals surface area contributed by atoms with Crippen LogP contribution in [-0.2, 0) is 9.53 Å². The Labute approximate surface area is 97.5 Å². The van der Waals surface area contributed by atoms with Gasteiger partial charge in [0, 0.05) is 12.6 Å². The lowest BCUT2D eigenvalue weighted by Crippen LogP contribution is -2.42. The first-order valence-electron chi connectivity index (χ1n) is 6.22. The predicted octanol–water partition coefficient (Wildman–Crippen LogP) is 1.98. The van der Waals surface area contributed by atoms with Crippen LogP contribution < -0.4 is 0 Å². The number of carbonyl (C=O) groups excluding carboxylic acids is 1. The van der Waals surface area contributed by atoms with Gasteiger partial charge in [-0.3, -0.25) is 9.69 Å². The minimum Gasteiger partial charge on any atom is -0.468 e. The highest BCUT2D eigenvalue weighted by atomic mass is 16.5. The third-order valence-corrected chi connectivity index (χ3v) is 4.03. The Balaban J connectivity index is 2.12. The molecule has 0 aromatic carbocycles. The van der Waals surface area contributed by atoms with Crippen molar-refractivity contribution in [2.24, 2.45) is 5.92 Å². The molecule has 0 aromatic heterocycles. The number of hydrogen-bond donors (Lipinski definition) is 0. The first-order valence-corrected chi connectivity index (χ1v) is 6.22. The minimum atomic E-state index is -0.0729. The minimum absolute atomic E-state index is 0.0314. The van der Waals surface area contributed by atoms with Gasteiger partial charge < -0.3 is 4.74 Å². The number of esters is 1. The maximum atomic E-state index is 11.7. The highest BCUT2D eigenvalue weighted by molar-refractivity contribution is 5.76. The van der Waals surface area contributed by atoms with E-state index in [1.165, 1.54) is 32.8 Å². The lowest BCUT2D eigenvalue weighted by atomic mass is 9.85. The second-order valence-corrected chi connectivity index (χ2v) is 4.87. The fraction of sp³-hybridized carbons (Fsp3) is 0.769. The number of fused-ring (bicyclic) bond motifs is 1. The van der Waals surface area contributed by atoms with E-state index < -0.39 is 0 Å². The number of nitrogens with zero attached hydrogens (tertiary/aromatic N) is 1.